The SMILES string of the molecule is Cn1cc(-c2csc(-c3cn(CCCCN4CCOCC4)c4ccc(F)cc34)n2)c2cccnc21. The molecule has 35 heavy (non-hydrogen) atoms. The molecule has 0 aliphatic carbocycles. The number of morpholine rings is 1. The second-order valence-corrected chi connectivity index (χ2v) is 9.98. The Hall–Kier alpha value is -3.07. The molecule has 0 bridgehead atoms. The maximum Gasteiger partial charge on any atom is 0.140 e. The zero-order valence-corrected chi connectivity index (χ0v) is 20.6. The molecular formula is C27H28FN5OS. The van der Waals surface area contributed by atoms with Gasteiger partial charge in [0.1, 0.15) is 16.5 Å². The van der Waals surface area contributed by atoms with Crippen LogP contribution in [0.5, 0.6) is 0 Å². The Balaban J connectivity index is 1.28. The lowest BCUT2D eigenvalue weighted by molar-refractivity contribution is 0.0371. The summed E-state index contributed by atoms with van der Waals surface area (Å²) in [6.45, 7) is 5.72. The number of ether oxygens (including phenoxy) is 1. The summed E-state index contributed by atoms with van der Waals surface area (Å²) in [6.07, 6.45) is 8.24. The first kappa shape index (κ1) is 22.4. The second-order valence-electron chi connectivity index (χ2n) is 9.12. The van der Waals surface area contributed by atoms with Gasteiger partial charge in [-0.15, -0.1) is 11.3 Å². The van der Waals surface area contributed by atoms with E-state index in [9.17, 15) is 4.39 Å². The number of unbranched alkanes of at least 4 members (excludes halogenated alkanes) is 1. The van der Waals surface area contributed by atoms with Gasteiger partial charge in [0.15, 0.2) is 0 Å². The molecule has 0 N–H and O–H groups in total. The normalized spacial score (nSPS) is 14.9. The van der Waals surface area contributed by atoms with Gasteiger partial charge >= 0.3 is 0 Å². The second kappa shape index (κ2) is 9.53. The van der Waals surface area contributed by atoms with E-state index < -0.39 is 0 Å². The van der Waals surface area contributed by atoms with Gasteiger partial charge in [0.2, 0.25) is 0 Å². The fraction of sp³-hybridized carbons (Fsp3) is 0.333. The van der Waals surface area contributed by atoms with Gasteiger partial charge in [0.25, 0.3) is 0 Å². The number of hydrogen-bond donors (Lipinski definition) is 0. The Bertz CT molecular complexity index is 1480. The number of hydrogen-bond acceptors (Lipinski definition) is 5. The van der Waals surface area contributed by atoms with Gasteiger partial charge in [-0.2, -0.15) is 0 Å². The predicted octanol–water partition coefficient (Wildman–Crippen LogP) is 5.57. The molecule has 0 saturated carbocycles. The van der Waals surface area contributed by atoms with E-state index >= 15 is 0 Å². The number of rotatable bonds is 7. The quantitative estimate of drug-likeness (QED) is 0.281. The summed E-state index contributed by atoms with van der Waals surface area (Å²) in [5.74, 6) is -0.222. The third-order valence-electron chi connectivity index (χ3n) is 6.81. The molecule has 0 amide bonds. The van der Waals surface area contributed by atoms with Crippen LogP contribution in [0, 0.1) is 5.82 Å². The Kier molecular flexibility index (Phi) is 6.10. The molecule has 0 spiro atoms. The van der Waals surface area contributed by atoms with Crippen LogP contribution in [-0.4, -0.2) is 56.9 Å². The lowest BCUT2D eigenvalue weighted by Gasteiger charge is -2.26. The molecule has 1 fully saturated rings. The number of fused-ring (bicyclic) bond motifs is 2. The minimum Gasteiger partial charge on any atom is -0.379 e. The summed E-state index contributed by atoms with van der Waals surface area (Å²) >= 11 is 1.60. The minimum absolute atomic E-state index is 0.222. The molecule has 6 nitrogen and oxygen atoms in total. The van der Waals surface area contributed by atoms with E-state index in [1.807, 2.05) is 29.9 Å². The third kappa shape index (κ3) is 4.37. The maximum atomic E-state index is 14.2. The van der Waals surface area contributed by atoms with Crippen LogP contribution in [0.15, 0.2) is 54.3 Å². The molecule has 0 atom stereocenters. The molecule has 5 aromatic rings. The van der Waals surface area contributed by atoms with E-state index in [0.29, 0.717) is 0 Å². The summed E-state index contributed by atoms with van der Waals surface area (Å²) in [4.78, 5) is 12.0. The van der Waals surface area contributed by atoms with Gasteiger partial charge in [-0.25, -0.2) is 14.4 Å². The zero-order valence-electron chi connectivity index (χ0n) is 19.8. The number of aromatic nitrogens is 4. The van der Waals surface area contributed by atoms with E-state index in [1.165, 1.54) is 0 Å². The van der Waals surface area contributed by atoms with Gasteiger partial charge in [0.05, 0.1) is 18.9 Å². The molecule has 1 saturated heterocycles. The Morgan fingerprint density at radius 1 is 1.03 bits per heavy atom. The van der Waals surface area contributed by atoms with E-state index in [2.05, 4.69) is 38.3 Å². The Morgan fingerprint density at radius 2 is 1.89 bits per heavy atom. The van der Waals surface area contributed by atoms with Crippen molar-refractivity contribution in [2.24, 2.45) is 7.05 Å². The molecule has 0 radical (unpaired) electrons. The molecule has 1 aliphatic heterocycles. The van der Waals surface area contributed by atoms with Gasteiger partial charge in [-0.3, -0.25) is 4.90 Å². The van der Waals surface area contributed by atoms with Crippen LogP contribution < -0.4 is 0 Å². The summed E-state index contributed by atoms with van der Waals surface area (Å²) in [5, 5.41) is 4.99. The molecule has 1 aliphatic rings. The largest absolute Gasteiger partial charge is 0.379 e. The molecule has 8 heteroatoms. The van der Waals surface area contributed by atoms with Crippen LogP contribution >= 0.6 is 11.3 Å². The maximum absolute atomic E-state index is 14.2. The van der Waals surface area contributed by atoms with Crippen molar-refractivity contribution in [3.05, 3.63) is 60.1 Å². The van der Waals surface area contributed by atoms with E-state index in [1.54, 1.807) is 23.5 Å². The number of benzene rings is 1. The lowest BCUT2D eigenvalue weighted by atomic mass is 10.1. The van der Waals surface area contributed by atoms with E-state index in [4.69, 9.17) is 9.72 Å². The topological polar surface area (TPSA) is 48.1 Å². The predicted molar refractivity (Wildman–Crippen MR) is 139 cm³/mol. The molecule has 180 valence electrons. The summed E-state index contributed by atoms with van der Waals surface area (Å²) in [5.41, 5.74) is 4.97. The van der Waals surface area contributed by atoms with Crippen LogP contribution in [-0.2, 0) is 18.3 Å². The summed E-state index contributed by atoms with van der Waals surface area (Å²) < 4.78 is 24.0. The zero-order chi connectivity index (χ0) is 23.8. The molecular weight excluding hydrogens is 461 g/mol. The lowest BCUT2D eigenvalue weighted by Crippen LogP contribution is -2.36. The van der Waals surface area contributed by atoms with Crippen molar-refractivity contribution in [2.75, 3.05) is 32.8 Å². The summed E-state index contributed by atoms with van der Waals surface area (Å²) in [7, 11) is 2.00. The van der Waals surface area contributed by atoms with Crippen molar-refractivity contribution in [2.45, 2.75) is 19.4 Å². The molecule has 1 aromatic carbocycles. The Morgan fingerprint density at radius 3 is 2.77 bits per heavy atom. The van der Waals surface area contributed by atoms with Crippen LogP contribution in [0.3, 0.4) is 0 Å². The average Bonchev–Trinajstić information content (AvgIpc) is 3.58. The number of pyridine rings is 1. The van der Waals surface area contributed by atoms with Crippen molar-refractivity contribution in [3.8, 4) is 21.8 Å². The smallest absolute Gasteiger partial charge is 0.140 e. The number of nitrogens with zero attached hydrogens (tertiary/aromatic N) is 5. The number of thiazole rings is 1. The summed E-state index contributed by atoms with van der Waals surface area (Å²) in [6, 6.07) is 9.11. The van der Waals surface area contributed by atoms with Crippen LogP contribution in [0.2, 0.25) is 0 Å². The van der Waals surface area contributed by atoms with Gasteiger partial charge in [-0.1, -0.05) is 0 Å². The molecule has 6 rings (SSSR count). The van der Waals surface area contributed by atoms with Crippen molar-refractivity contribution in [1.82, 2.24) is 24.0 Å². The van der Waals surface area contributed by atoms with Gasteiger partial charge in [-0.05, 0) is 49.7 Å². The van der Waals surface area contributed by atoms with Crippen molar-refractivity contribution < 1.29 is 9.13 Å². The van der Waals surface area contributed by atoms with Crippen molar-refractivity contribution in [1.29, 1.82) is 0 Å². The molecule has 0 unspecified atom stereocenters. The first-order chi connectivity index (χ1) is 17.2. The van der Waals surface area contributed by atoms with E-state index in [0.717, 1.165) is 96.0 Å². The minimum atomic E-state index is -0.222. The van der Waals surface area contributed by atoms with Crippen molar-refractivity contribution in [3.63, 3.8) is 0 Å². The molecule has 4 aromatic heterocycles. The highest BCUT2D eigenvalue weighted by atomic mass is 32.1. The van der Waals surface area contributed by atoms with Crippen LogP contribution in [0.25, 0.3) is 43.8 Å². The average molecular weight is 490 g/mol. The Labute approximate surface area is 207 Å². The highest BCUT2D eigenvalue weighted by Crippen LogP contribution is 2.37. The monoisotopic (exact) mass is 489 g/mol. The first-order valence-corrected chi connectivity index (χ1v) is 13.0. The fourth-order valence-electron chi connectivity index (χ4n) is 5.00. The van der Waals surface area contributed by atoms with Crippen LogP contribution in [0.1, 0.15) is 12.8 Å². The molecule has 5 heterocycles. The van der Waals surface area contributed by atoms with E-state index in [-0.39, 0.29) is 5.82 Å². The van der Waals surface area contributed by atoms with Gasteiger partial charge in [0, 0.05) is 78.1 Å². The van der Waals surface area contributed by atoms with Crippen molar-refractivity contribution >= 4 is 33.3 Å². The van der Waals surface area contributed by atoms with Gasteiger partial charge < -0.3 is 13.9 Å². The number of aryl methyl sites for hydroxylation is 2. The highest BCUT2D eigenvalue weighted by Gasteiger charge is 2.17. The van der Waals surface area contributed by atoms with Crippen LogP contribution in [0.4, 0.5) is 4.39 Å². The third-order valence-corrected chi connectivity index (χ3v) is 7.69. The highest BCUT2D eigenvalue weighted by molar-refractivity contribution is 7.13. The standard InChI is InChI=1S/C27H28FN5OS/c1-31-16-22(20-5-4-8-29-26(20)31)24-18-35-27(30-24)23-17-33(25-7-6-19(28)15-21(23)25)10-3-2-9-32-11-13-34-14-12-32/h4-8,15-18H,2-3,9-14H2,1H3. The fourth-order valence-corrected chi connectivity index (χ4v) is 5.85. The number of halogens is 1. The first-order valence-electron chi connectivity index (χ1n) is 12.1.